The van der Waals surface area contributed by atoms with E-state index in [9.17, 15) is 4.79 Å². The number of hydrogen-bond acceptors (Lipinski definition) is 3. The quantitative estimate of drug-likeness (QED) is 0.658. The first-order chi connectivity index (χ1) is 5.13. The number of carboxylic acids is 1. The summed E-state index contributed by atoms with van der Waals surface area (Å²) in [5.74, 6) is -1.05. The zero-order valence-electron chi connectivity index (χ0n) is 6.07. The number of aryl methyl sites for hydroxylation is 1. The lowest BCUT2D eigenvalue weighted by molar-refractivity contribution is -0.138. The summed E-state index contributed by atoms with van der Waals surface area (Å²) in [7, 11) is 0. The van der Waals surface area contributed by atoms with Crippen LogP contribution < -0.4 is 5.73 Å². The molecule has 1 aromatic rings. The number of hydrogen-bond donors (Lipinski definition) is 2. The van der Waals surface area contributed by atoms with Crippen molar-refractivity contribution in [3.05, 3.63) is 23.7 Å². The molecule has 0 radical (unpaired) electrons. The minimum atomic E-state index is -1.05. The third-order valence-corrected chi connectivity index (χ3v) is 1.50. The molecule has 0 aliphatic rings. The topological polar surface area (TPSA) is 76.5 Å². The molecule has 0 spiro atoms. The third kappa shape index (κ3) is 1.40. The molecule has 11 heavy (non-hydrogen) atoms. The highest BCUT2D eigenvalue weighted by molar-refractivity contribution is 5.75. The van der Waals surface area contributed by atoms with E-state index >= 15 is 0 Å². The normalized spacial score (nSPS) is 12.9. The minimum absolute atomic E-state index is 0.525. The van der Waals surface area contributed by atoms with Crippen LogP contribution in [0, 0.1) is 6.92 Å². The summed E-state index contributed by atoms with van der Waals surface area (Å²) >= 11 is 0. The maximum Gasteiger partial charge on any atom is 0.325 e. The fourth-order valence-electron chi connectivity index (χ4n) is 0.822. The summed E-state index contributed by atoms with van der Waals surface area (Å²) in [6, 6.07) is -0.978. The van der Waals surface area contributed by atoms with Crippen molar-refractivity contribution in [2.24, 2.45) is 5.73 Å². The molecule has 1 rings (SSSR count). The van der Waals surface area contributed by atoms with E-state index in [0.29, 0.717) is 5.56 Å². The molecule has 0 aliphatic heterocycles. The van der Waals surface area contributed by atoms with Crippen LogP contribution in [0.3, 0.4) is 0 Å². The van der Waals surface area contributed by atoms with Crippen LogP contribution >= 0.6 is 0 Å². The number of carbonyl (C=O) groups is 1. The molecule has 0 saturated heterocycles. The molecule has 3 N–H and O–H groups in total. The second-order valence-electron chi connectivity index (χ2n) is 2.33. The van der Waals surface area contributed by atoms with Crippen LogP contribution in [0.15, 0.2) is 16.9 Å². The number of furan rings is 1. The van der Waals surface area contributed by atoms with E-state index in [2.05, 4.69) is 0 Å². The number of aliphatic carboxylic acids is 1. The molecule has 1 unspecified atom stereocenters. The number of nitrogens with two attached hydrogens (primary N) is 1. The molecule has 0 amide bonds. The number of rotatable bonds is 2. The van der Waals surface area contributed by atoms with Crippen molar-refractivity contribution in [3.8, 4) is 0 Å². The molecule has 60 valence electrons. The van der Waals surface area contributed by atoms with Crippen molar-refractivity contribution in [2.75, 3.05) is 0 Å². The molecule has 4 nitrogen and oxygen atoms in total. The first-order valence-corrected chi connectivity index (χ1v) is 3.14. The highest BCUT2D eigenvalue weighted by Crippen LogP contribution is 2.15. The SMILES string of the molecule is Cc1cocc1C(N)C(=O)O. The van der Waals surface area contributed by atoms with Crippen LogP contribution in [0.4, 0.5) is 0 Å². The van der Waals surface area contributed by atoms with Gasteiger partial charge in [0.25, 0.3) is 0 Å². The van der Waals surface area contributed by atoms with E-state index in [4.69, 9.17) is 15.3 Å². The molecule has 0 fully saturated rings. The summed E-state index contributed by atoms with van der Waals surface area (Å²) in [4.78, 5) is 10.4. The van der Waals surface area contributed by atoms with Gasteiger partial charge in [-0.05, 0) is 12.5 Å². The van der Waals surface area contributed by atoms with E-state index in [-0.39, 0.29) is 0 Å². The first-order valence-electron chi connectivity index (χ1n) is 3.14. The molecular formula is C7H9NO3. The van der Waals surface area contributed by atoms with Crippen LogP contribution in [0.2, 0.25) is 0 Å². The molecule has 0 saturated carbocycles. The predicted octanol–water partition coefficient (Wildman–Crippen LogP) is 0.672. The van der Waals surface area contributed by atoms with E-state index in [1.54, 1.807) is 6.92 Å². The van der Waals surface area contributed by atoms with Crippen LogP contribution in [0.25, 0.3) is 0 Å². The summed E-state index contributed by atoms with van der Waals surface area (Å²) < 4.78 is 4.77. The van der Waals surface area contributed by atoms with Gasteiger partial charge in [0.15, 0.2) is 0 Å². The Kier molecular flexibility index (Phi) is 1.96. The Balaban J connectivity index is 2.92. The lowest BCUT2D eigenvalue weighted by Gasteiger charge is -2.02. The molecule has 0 aliphatic carbocycles. The van der Waals surface area contributed by atoms with Gasteiger partial charge in [-0.3, -0.25) is 4.79 Å². The Hall–Kier alpha value is -1.29. The van der Waals surface area contributed by atoms with Crippen molar-refractivity contribution in [1.29, 1.82) is 0 Å². The van der Waals surface area contributed by atoms with Crippen LogP contribution in [0.1, 0.15) is 17.2 Å². The highest BCUT2D eigenvalue weighted by Gasteiger charge is 2.17. The maximum absolute atomic E-state index is 10.4. The third-order valence-electron chi connectivity index (χ3n) is 1.50. The molecule has 0 bridgehead atoms. The molecule has 4 heteroatoms. The summed E-state index contributed by atoms with van der Waals surface area (Å²) in [6.07, 6.45) is 2.83. The molecule has 1 heterocycles. The van der Waals surface area contributed by atoms with Gasteiger partial charge < -0.3 is 15.3 Å². The summed E-state index contributed by atoms with van der Waals surface area (Å²) in [5, 5.41) is 8.51. The molecular weight excluding hydrogens is 146 g/mol. The zero-order valence-corrected chi connectivity index (χ0v) is 6.07. The van der Waals surface area contributed by atoms with Gasteiger partial charge in [-0.25, -0.2) is 0 Å². The smallest absolute Gasteiger partial charge is 0.325 e. The van der Waals surface area contributed by atoms with Crippen LogP contribution in [0.5, 0.6) is 0 Å². The second-order valence-corrected chi connectivity index (χ2v) is 2.33. The van der Waals surface area contributed by atoms with Gasteiger partial charge in [0, 0.05) is 5.56 Å². The second kappa shape index (κ2) is 2.75. The van der Waals surface area contributed by atoms with Gasteiger partial charge in [-0.15, -0.1) is 0 Å². The van der Waals surface area contributed by atoms with Gasteiger partial charge in [0.2, 0.25) is 0 Å². The highest BCUT2D eigenvalue weighted by atomic mass is 16.4. The number of carboxylic acid groups (broad SMARTS) is 1. The summed E-state index contributed by atoms with van der Waals surface area (Å²) in [6.45, 7) is 1.75. The lowest BCUT2D eigenvalue weighted by atomic mass is 10.1. The lowest BCUT2D eigenvalue weighted by Crippen LogP contribution is -2.20. The maximum atomic E-state index is 10.4. The fraction of sp³-hybridized carbons (Fsp3) is 0.286. The van der Waals surface area contributed by atoms with E-state index in [1.807, 2.05) is 0 Å². The predicted molar refractivity (Wildman–Crippen MR) is 38.0 cm³/mol. The van der Waals surface area contributed by atoms with Crippen LogP contribution in [-0.2, 0) is 4.79 Å². The Bertz CT molecular complexity index is 266. The zero-order chi connectivity index (χ0) is 8.43. The molecule has 1 aromatic heterocycles. The standard InChI is InChI=1S/C7H9NO3/c1-4-2-11-3-5(4)6(8)7(9)10/h2-3,6H,8H2,1H3,(H,9,10). The molecule has 0 aromatic carbocycles. The average Bonchev–Trinajstić information content (AvgIpc) is 2.33. The van der Waals surface area contributed by atoms with Gasteiger partial charge >= 0.3 is 5.97 Å². The van der Waals surface area contributed by atoms with Crippen molar-refractivity contribution < 1.29 is 14.3 Å². The summed E-state index contributed by atoms with van der Waals surface area (Å²) in [5.41, 5.74) is 6.61. The fourth-order valence-corrected chi connectivity index (χ4v) is 0.822. The van der Waals surface area contributed by atoms with E-state index in [1.165, 1.54) is 12.5 Å². The molecule has 1 atom stereocenters. The first kappa shape index (κ1) is 7.81. The van der Waals surface area contributed by atoms with Crippen molar-refractivity contribution in [1.82, 2.24) is 0 Å². The monoisotopic (exact) mass is 155 g/mol. The van der Waals surface area contributed by atoms with E-state index < -0.39 is 12.0 Å². The van der Waals surface area contributed by atoms with Gasteiger partial charge in [0.05, 0.1) is 12.5 Å². The minimum Gasteiger partial charge on any atom is -0.480 e. The average molecular weight is 155 g/mol. The van der Waals surface area contributed by atoms with E-state index in [0.717, 1.165) is 5.56 Å². The Morgan fingerprint density at radius 3 is 2.73 bits per heavy atom. The largest absolute Gasteiger partial charge is 0.480 e. The van der Waals surface area contributed by atoms with Gasteiger partial charge in [-0.2, -0.15) is 0 Å². The van der Waals surface area contributed by atoms with Gasteiger partial charge in [-0.1, -0.05) is 0 Å². The Labute approximate surface area is 63.6 Å². The van der Waals surface area contributed by atoms with Crippen LogP contribution in [-0.4, -0.2) is 11.1 Å². The Morgan fingerprint density at radius 2 is 2.36 bits per heavy atom. The van der Waals surface area contributed by atoms with Gasteiger partial charge in [0.1, 0.15) is 6.04 Å². The van der Waals surface area contributed by atoms with Crippen molar-refractivity contribution >= 4 is 5.97 Å². The Morgan fingerprint density at radius 1 is 1.73 bits per heavy atom. The van der Waals surface area contributed by atoms with Crippen molar-refractivity contribution in [3.63, 3.8) is 0 Å². The van der Waals surface area contributed by atoms with Crippen molar-refractivity contribution in [2.45, 2.75) is 13.0 Å².